The Morgan fingerprint density at radius 1 is 1.53 bits per heavy atom. The molecule has 0 aromatic rings. The minimum absolute atomic E-state index is 0.0613. The van der Waals surface area contributed by atoms with Crippen LogP contribution in [-0.4, -0.2) is 44.5 Å². The molecule has 0 aromatic carbocycles. The van der Waals surface area contributed by atoms with E-state index in [0.717, 1.165) is 6.42 Å². The number of hydrogen-bond donors (Lipinski definition) is 2. The number of aliphatic carboxylic acids is 1. The van der Waals surface area contributed by atoms with Crippen LogP contribution in [0.2, 0.25) is 0 Å². The van der Waals surface area contributed by atoms with Crippen molar-refractivity contribution in [1.29, 1.82) is 0 Å². The summed E-state index contributed by atoms with van der Waals surface area (Å²) in [4.78, 5) is 10.2. The van der Waals surface area contributed by atoms with Crippen LogP contribution in [0.15, 0.2) is 0 Å². The molecule has 1 aliphatic heterocycles. The summed E-state index contributed by atoms with van der Waals surface area (Å²) in [7, 11) is -3.42. The van der Waals surface area contributed by atoms with Gasteiger partial charge in [-0.15, -0.1) is 0 Å². The van der Waals surface area contributed by atoms with Crippen LogP contribution in [0.3, 0.4) is 0 Å². The standard InChI is InChI=1S/C8H15NO5S/c10-8(11)3-4-9-15(12,13)7-2-1-5-14-6-7/h7,9H,1-6H2,(H,10,11). The molecule has 0 bridgehead atoms. The van der Waals surface area contributed by atoms with Gasteiger partial charge < -0.3 is 9.84 Å². The first-order chi connectivity index (χ1) is 7.02. The average molecular weight is 237 g/mol. The first-order valence-corrected chi connectivity index (χ1v) is 6.35. The van der Waals surface area contributed by atoms with Gasteiger partial charge in [0, 0.05) is 13.2 Å². The number of nitrogens with one attached hydrogen (secondary N) is 1. The van der Waals surface area contributed by atoms with Crippen molar-refractivity contribution < 1.29 is 23.1 Å². The SMILES string of the molecule is O=C(O)CCNS(=O)(=O)C1CCCOC1. The Kier molecular flexibility index (Phi) is 4.49. The molecule has 2 N–H and O–H groups in total. The van der Waals surface area contributed by atoms with E-state index in [9.17, 15) is 13.2 Å². The highest BCUT2D eigenvalue weighted by Gasteiger charge is 2.27. The van der Waals surface area contributed by atoms with E-state index >= 15 is 0 Å². The van der Waals surface area contributed by atoms with Crippen LogP contribution in [0.4, 0.5) is 0 Å². The Morgan fingerprint density at radius 2 is 2.27 bits per heavy atom. The second-order valence-corrected chi connectivity index (χ2v) is 5.47. The molecule has 1 fully saturated rings. The number of rotatable bonds is 5. The van der Waals surface area contributed by atoms with Crippen LogP contribution in [0.5, 0.6) is 0 Å². The molecule has 6 nitrogen and oxygen atoms in total. The normalized spacial score (nSPS) is 22.5. The van der Waals surface area contributed by atoms with E-state index in [4.69, 9.17) is 9.84 Å². The molecule has 0 saturated carbocycles. The molecule has 0 amide bonds. The number of sulfonamides is 1. The number of hydrogen-bond acceptors (Lipinski definition) is 4. The van der Waals surface area contributed by atoms with Crippen LogP contribution < -0.4 is 4.72 Å². The van der Waals surface area contributed by atoms with Crippen molar-refractivity contribution in [3.63, 3.8) is 0 Å². The highest BCUT2D eigenvalue weighted by Crippen LogP contribution is 2.13. The van der Waals surface area contributed by atoms with E-state index in [2.05, 4.69) is 4.72 Å². The molecule has 0 aromatic heterocycles. The lowest BCUT2D eigenvalue weighted by molar-refractivity contribution is -0.136. The van der Waals surface area contributed by atoms with E-state index in [0.29, 0.717) is 13.0 Å². The first-order valence-electron chi connectivity index (χ1n) is 4.80. The maximum atomic E-state index is 11.6. The summed E-state index contributed by atoms with van der Waals surface area (Å²) in [5.74, 6) is -1.02. The molecule has 1 rings (SSSR count). The van der Waals surface area contributed by atoms with Crippen LogP contribution in [-0.2, 0) is 19.6 Å². The molecule has 1 aliphatic rings. The molecule has 15 heavy (non-hydrogen) atoms. The van der Waals surface area contributed by atoms with Gasteiger partial charge in [-0.3, -0.25) is 4.79 Å². The summed E-state index contributed by atoms with van der Waals surface area (Å²) < 4.78 is 30.5. The van der Waals surface area contributed by atoms with E-state index in [-0.39, 0.29) is 19.6 Å². The Morgan fingerprint density at radius 3 is 2.80 bits per heavy atom. The topological polar surface area (TPSA) is 92.7 Å². The zero-order valence-electron chi connectivity index (χ0n) is 8.31. The maximum absolute atomic E-state index is 11.6. The molecule has 1 unspecified atom stereocenters. The molecule has 88 valence electrons. The average Bonchev–Trinajstić information content (AvgIpc) is 2.18. The largest absolute Gasteiger partial charge is 0.481 e. The predicted molar refractivity (Wildman–Crippen MR) is 53.0 cm³/mol. The Hall–Kier alpha value is -0.660. The maximum Gasteiger partial charge on any atom is 0.304 e. The summed E-state index contributed by atoms with van der Waals surface area (Å²) >= 11 is 0. The van der Waals surface area contributed by atoms with E-state index < -0.39 is 21.2 Å². The highest BCUT2D eigenvalue weighted by molar-refractivity contribution is 7.90. The summed E-state index contributed by atoms with van der Waals surface area (Å²) in [6, 6.07) is 0. The van der Waals surface area contributed by atoms with Gasteiger partial charge in [-0.25, -0.2) is 13.1 Å². The van der Waals surface area contributed by atoms with Gasteiger partial charge in [-0.1, -0.05) is 0 Å². The fraction of sp³-hybridized carbons (Fsp3) is 0.875. The lowest BCUT2D eigenvalue weighted by Crippen LogP contribution is -2.40. The second-order valence-electron chi connectivity index (χ2n) is 3.42. The minimum Gasteiger partial charge on any atom is -0.481 e. The number of carboxylic acids is 1. The van der Waals surface area contributed by atoms with E-state index in [1.165, 1.54) is 0 Å². The molecule has 7 heteroatoms. The molecule has 1 saturated heterocycles. The van der Waals surface area contributed by atoms with Crippen molar-refractivity contribution in [2.45, 2.75) is 24.5 Å². The highest BCUT2D eigenvalue weighted by atomic mass is 32.2. The van der Waals surface area contributed by atoms with Gasteiger partial charge >= 0.3 is 5.97 Å². The molecule has 0 radical (unpaired) electrons. The van der Waals surface area contributed by atoms with Crippen molar-refractivity contribution in [2.75, 3.05) is 19.8 Å². The smallest absolute Gasteiger partial charge is 0.304 e. The minimum atomic E-state index is -3.42. The van der Waals surface area contributed by atoms with Gasteiger partial charge in [-0.2, -0.15) is 0 Å². The van der Waals surface area contributed by atoms with Crippen molar-refractivity contribution in [3.05, 3.63) is 0 Å². The lowest BCUT2D eigenvalue weighted by Gasteiger charge is -2.22. The van der Waals surface area contributed by atoms with Gasteiger partial charge in [-0.05, 0) is 12.8 Å². The quantitative estimate of drug-likeness (QED) is 0.676. The van der Waals surface area contributed by atoms with Crippen LogP contribution in [0.1, 0.15) is 19.3 Å². The van der Waals surface area contributed by atoms with Crippen LogP contribution in [0.25, 0.3) is 0 Å². The van der Waals surface area contributed by atoms with Gasteiger partial charge in [0.25, 0.3) is 0 Å². The fourth-order valence-corrected chi connectivity index (χ4v) is 2.75. The van der Waals surface area contributed by atoms with Crippen LogP contribution >= 0.6 is 0 Å². The molecule has 0 aliphatic carbocycles. The van der Waals surface area contributed by atoms with Crippen molar-refractivity contribution in [1.82, 2.24) is 4.72 Å². The third-order valence-electron chi connectivity index (χ3n) is 2.20. The van der Waals surface area contributed by atoms with Crippen molar-refractivity contribution in [2.24, 2.45) is 0 Å². The molecule has 1 atom stereocenters. The fourth-order valence-electron chi connectivity index (χ4n) is 1.37. The van der Waals surface area contributed by atoms with E-state index in [1.807, 2.05) is 0 Å². The Labute approximate surface area is 88.7 Å². The summed E-state index contributed by atoms with van der Waals surface area (Å²) in [6.07, 6.45) is 1.10. The lowest BCUT2D eigenvalue weighted by atomic mass is 10.2. The van der Waals surface area contributed by atoms with Crippen LogP contribution in [0, 0.1) is 0 Å². The number of ether oxygens (including phenoxy) is 1. The summed E-state index contributed by atoms with van der Waals surface area (Å²) in [5.41, 5.74) is 0. The Bertz CT molecular complexity index is 307. The van der Waals surface area contributed by atoms with Gasteiger partial charge in [0.15, 0.2) is 0 Å². The van der Waals surface area contributed by atoms with Gasteiger partial charge in [0.1, 0.15) is 0 Å². The number of carboxylic acid groups (broad SMARTS) is 1. The summed E-state index contributed by atoms with van der Waals surface area (Å²) in [5, 5.41) is 7.82. The number of carbonyl (C=O) groups is 1. The zero-order chi connectivity index (χ0) is 11.3. The first kappa shape index (κ1) is 12.4. The molecule has 0 spiro atoms. The molecule has 1 heterocycles. The second kappa shape index (κ2) is 5.43. The predicted octanol–water partition coefficient (Wildman–Crippen LogP) is -0.440. The third kappa shape index (κ3) is 4.15. The molecular weight excluding hydrogens is 222 g/mol. The van der Waals surface area contributed by atoms with E-state index in [1.54, 1.807) is 0 Å². The van der Waals surface area contributed by atoms with Gasteiger partial charge in [0.05, 0.1) is 18.3 Å². The molecular formula is C8H15NO5S. The summed E-state index contributed by atoms with van der Waals surface area (Å²) in [6.45, 7) is 0.734. The van der Waals surface area contributed by atoms with Crippen molar-refractivity contribution in [3.8, 4) is 0 Å². The Balaban J connectivity index is 2.40. The monoisotopic (exact) mass is 237 g/mol. The third-order valence-corrected chi connectivity index (χ3v) is 4.06. The zero-order valence-corrected chi connectivity index (χ0v) is 9.12. The van der Waals surface area contributed by atoms with Gasteiger partial charge in [0.2, 0.25) is 10.0 Å². The van der Waals surface area contributed by atoms with Crippen molar-refractivity contribution >= 4 is 16.0 Å².